The number of hydrogen-bond acceptors (Lipinski definition) is 2. The Morgan fingerprint density at radius 2 is 1.92 bits per heavy atom. The second-order valence-corrected chi connectivity index (χ2v) is 6.19. The van der Waals surface area contributed by atoms with Gasteiger partial charge in [0.1, 0.15) is 0 Å². The van der Waals surface area contributed by atoms with E-state index in [9.17, 15) is 4.79 Å². The number of carbonyl (C=O) groups excluding carboxylic acids is 1. The average molecular weight is 317 g/mol. The molecule has 1 aliphatic rings. The van der Waals surface area contributed by atoms with Crippen LogP contribution in [-0.4, -0.2) is 17.6 Å². The van der Waals surface area contributed by atoms with Gasteiger partial charge in [0.15, 0.2) is 0 Å². The summed E-state index contributed by atoms with van der Waals surface area (Å²) in [6.07, 6.45) is 4.98. The molecule has 0 saturated carbocycles. The minimum atomic E-state index is -0.263. The van der Waals surface area contributed by atoms with Gasteiger partial charge >= 0.3 is 5.97 Å². The molecular formula is C21H19NO2. The van der Waals surface area contributed by atoms with Gasteiger partial charge in [-0.15, -0.1) is 0 Å². The highest BCUT2D eigenvalue weighted by Crippen LogP contribution is 2.41. The molecule has 24 heavy (non-hydrogen) atoms. The molecule has 3 aromatic rings. The van der Waals surface area contributed by atoms with E-state index < -0.39 is 0 Å². The van der Waals surface area contributed by atoms with Crippen LogP contribution in [0.25, 0.3) is 16.5 Å². The fraction of sp³-hybridized carbons (Fsp3) is 0.190. The number of aryl methyl sites for hydroxylation is 1. The summed E-state index contributed by atoms with van der Waals surface area (Å²) in [7, 11) is 3.51. The molecule has 2 aromatic carbocycles. The zero-order chi connectivity index (χ0) is 16.7. The Balaban J connectivity index is 2.03. The van der Waals surface area contributed by atoms with Crippen LogP contribution in [0.15, 0.2) is 60.8 Å². The van der Waals surface area contributed by atoms with E-state index in [1.165, 1.54) is 23.8 Å². The number of carbonyl (C=O) groups is 1. The van der Waals surface area contributed by atoms with Crippen molar-refractivity contribution in [1.82, 2.24) is 4.57 Å². The Labute approximate surface area is 141 Å². The summed E-state index contributed by atoms with van der Waals surface area (Å²) < 4.78 is 7.19. The van der Waals surface area contributed by atoms with Gasteiger partial charge in [0.2, 0.25) is 0 Å². The van der Waals surface area contributed by atoms with Crippen LogP contribution in [0.5, 0.6) is 0 Å². The van der Waals surface area contributed by atoms with E-state index in [1.54, 1.807) is 0 Å². The summed E-state index contributed by atoms with van der Waals surface area (Å²) in [4.78, 5) is 12.4. The van der Waals surface area contributed by atoms with Gasteiger partial charge < -0.3 is 9.30 Å². The first kappa shape index (κ1) is 14.8. The fourth-order valence-electron chi connectivity index (χ4n) is 3.70. The van der Waals surface area contributed by atoms with Crippen molar-refractivity contribution < 1.29 is 9.53 Å². The van der Waals surface area contributed by atoms with Gasteiger partial charge in [0.05, 0.1) is 13.0 Å². The zero-order valence-electron chi connectivity index (χ0n) is 13.8. The minimum absolute atomic E-state index is 0.178. The highest BCUT2D eigenvalue weighted by atomic mass is 16.5. The molecule has 0 radical (unpaired) electrons. The molecule has 0 fully saturated rings. The maximum atomic E-state index is 12.4. The van der Waals surface area contributed by atoms with Gasteiger partial charge in [-0.05, 0) is 29.2 Å². The second kappa shape index (κ2) is 5.68. The molecule has 0 bridgehead atoms. The third kappa shape index (κ3) is 2.16. The second-order valence-electron chi connectivity index (χ2n) is 6.19. The van der Waals surface area contributed by atoms with Crippen molar-refractivity contribution in [2.24, 2.45) is 7.05 Å². The summed E-state index contributed by atoms with van der Waals surface area (Å²) in [6, 6.07) is 16.5. The molecule has 3 heteroatoms. The minimum Gasteiger partial charge on any atom is -0.469 e. The summed E-state index contributed by atoms with van der Waals surface area (Å²) in [5, 5.41) is 1.16. The van der Waals surface area contributed by atoms with Crippen LogP contribution in [0.2, 0.25) is 0 Å². The quantitative estimate of drug-likeness (QED) is 0.661. The van der Waals surface area contributed by atoms with Gasteiger partial charge in [-0.25, -0.2) is 0 Å². The Morgan fingerprint density at radius 1 is 1.12 bits per heavy atom. The van der Waals surface area contributed by atoms with Gasteiger partial charge in [-0.3, -0.25) is 4.79 Å². The average Bonchev–Trinajstić information content (AvgIpc) is 2.86. The van der Waals surface area contributed by atoms with Crippen molar-refractivity contribution >= 4 is 22.4 Å². The maximum absolute atomic E-state index is 12.4. The van der Waals surface area contributed by atoms with Crippen LogP contribution >= 0.6 is 0 Å². The number of allylic oxidation sites excluding steroid dienone is 1. The first-order valence-corrected chi connectivity index (χ1v) is 8.12. The molecule has 4 rings (SSSR count). The zero-order valence-corrected chi connectivity index (χ0v) is 13.8. The highest BCUT2D eigenvalue weighted by molar-refractivity contribution is 6.02. The highest BCUT2D eigenvalue weighted by Gasteiger charge is 2.28. The molecule has 0 saturated heterocycles. The number of aromatic nitrogens is 1. The van der Waals surface area contributed by atoms with Crippen LogP contribution < -0.4 is 0 Å². The van der Waals surface area contributed by atoms with Gasteiger partial charge in [0, 0.05) is 29.7 Å². The molecule has 0 aliphatic heterocycles. The Morgan fingerprint density at radius 3 is 2.67 bits per heavy atom. The third-order valence-corrected chi connectivity index (χ3v) is 4.84. The summed E-state index contributed by atoms with van der Waals surface area (Å²) in [5.74, 6) is -0.441. The molecule has 1 unspecified atom stereocenters. The van der Waals surface area contributed by atoms with Crippen molar-refractivity contribution in [2.75, 3.05) is 7.11 Å². The normalized spacial score (nSPS) is 16.6. The summed E-state index contributed by atoms with van der Waals surface area (Å²) >= 11 is 0. The van der Waals surface area contributed by atoms with E-state index in [-0.39, 0.29) is 11.9 Å². The molecular weight excluding hydrogens is 298 g/mol. The number of benzene rings is 2. The molecule has 0 amide bonds. The largest absolute Gasteiger partial charge is 0.469 e. The van der Waals surface area contributed by atoms with Crippen LogP contribution in [0.3, 0.4) is 0 Å². The summed E-state index contributed by atoms with van der Waals surface area (Å²) in [5.41, 5.74) is 5.73. The third-order valence-electron chi connectivity index (χ3n) is 4.84. The van der Waals surface area contributed by atoms with E-state index in [1.807, 2.05) is 31.3 Å². The molecule has 1 aromatic heterocycles. The van der Waals surface area contributed by atoms with E-state index >= 15 is 0 Å². The SMILES string of the molecule is COC(=O)C1CC=C(c2ccccc2)c2cn(C)c3cccc1c23. The van der Waals surface area contributed by atoms with Crippen LogP contribution in [0.1, 0.15) is 29.0 Å². The predicted molar refractivity (Wildman–Crippen MR) is 95.8 cm³/mol. The van der Waals surface area contributed by atoms with Crippen molar-refractivity contribution in [3.63, 3.8) is 0 Å². The lowest BCUT2D eigenvalue weighted by molar-refractivity contribution is -0.142. The van der Waals surface area contributed by atoms with Gasteiger partial charge in [-0.1, -0.05) is 48.5 Å². The topological polar surface area (TPSA) is 31.2 Å². The monoisotopic (exact) mass is 317 g/mol. The number of rotatable bonds is 2. The van der Waals surface area contributed by atoms with Crippen LogP contribution in [0.4, 0.5) is 0 Å². The lowest BCUT2D eigenvalue weighted by Gasteiger charge is -2.13. The molecule has 0 N–H and O–H groups in total. The van der Waals surface area contributed by atoms with Gasteiger partial charge in [0.25, 0.3) is 0 Å². The lowest BCUT2D eigenvalue weighted by atomic mass is 9.93. The van der Waals surface area contributed by atoms with Crippen molar-refractivity contribution in [1.29, 1.82) is 0 Å². The lowest BCUT2D eigenvalue weighted by Crippen LogP contribution is -2.13. The van der Waals surface area contributed by atoms with E-state index in [4.69, 9.17) is 4.74 Å². The molecule has 1 aliphatic carbocycles. The Hall–Kier alpha value is -2.81. The Bertz CT molecular complexity index is 951. The molecule has 1 heterocycles. The van der Waals surface area contributed by atoms with Crippen molar-refractivity contribution in [3.8, 4) is 0 Å². The standard InChI is InChI=1S/C21H19NO2/c1-22-13-18-15(14-7-4-3-5-8-14)11-12-17(21(23)24-2)16-9-6-10-19(22)20(16)18/h3-11,13,17H,12H2,1-2H3. The van der Waals surface area contributed by atoms with Crippen LogP contribution in [0, 0.1) is 0 Å². The first-order valence-electron chi connectivity index (χ1n) is 8.12. The van der Waals surface area contributed by atoms with Crippen molar-refractivity contribution in [3.05, 3.63) is 77.5 Å². The number of ether oxygens (including phenoxy) is 1. The predicted octanol–water partition coefficient (Wildman–Crippen LogP) is 4.27. The van der Waals surface area contributed by atoms with Crippen molar-refractivity contribution in [2.45, 2.75) is 12.3 Å². The molecule has 3 nitrogen and oxygen atoms in total. The van der Waals surface area contributed by atoms with E-state index in [2.05, 4.69) is 41.1 Å². The number of esters is 1. The number of nitrogens with zero attached hydrogens (tertiary/aromatic N) is 1. The Kier molecular flexibility index (Phi) is 3.49. The van der Waals surface area contributed by atoms with E-state index in [0.717, 1.165) is 16.5 Å². The molecule has 0 spiro atoms. The smallest absolute Gasteiger partial charge is 0.313 e. The number of hydrogen-bond donors (Lipinski definition) is 0. The molecule has 120 valence electrons. The number of methoxy groups -OCH3 is 1. The summed E-state index contributed by atoms with van der Waals surface area (Å²) in [6.45, 7) is 0. The van der Waals surface area contributed by atoms with Gasteiger partial charge in [-0.2, -0.15) is 0 Å². The molecule has 1 atom stereocenters. The van der Waals surface area contributed by atoms with Crippen LogP contribution in [-0.2, 0) is 16.6 Å². The van der Waals surface area contributed by atoms with E-state index in [0.29, 0.717) is 6.42 Å². The first-order chi connectivity index (χ1) is 11.7. The maximum Gasteiger partial charge on any atom is 0.313 e. The fourth-order valence-corrected chi connectivity index (χ4v) is 3.70.